The number of amides is 1. The molecule has 206 valence electrons. The average molecular weight is 535 g/mol. The number of amidine groups is 1. The molecule has 3 unspecified atom stereocenters. The van der Waals surface area contributed by atoms with Crippen molar-refractivity contribution < 1.29 is 19.4 Å². The maximum absolute atomic E-state index is 13.5. The number of allylic oxidation sites excluding steroid dienone is 1. The standard InChI is InChI=1S/C26H37ClN4O3.C2H6O/c1-7-19-13-23(22-10-9-20(14-24(22)27)16(3)28-18(5)33-6)26(32)31(8-2)25(19)30-17(4)29-21-11-12-34-15-21;1-2-3/h7,9-10,13-14,16-18,21,28-29H,8,11-12,15H2,1-6H3;3H,2H2,1H3/b19-7-,30-25+;/t16?,17?,18?,21-;/m1./s1. The number of halogens is 1. The average Bonchev–Trinajstić information content (AvgIpc) is 3.38. The van der Waals surface area contributed by atoms with Crippen LogP contribution >= 0.6 is 11.6 Å². The number of ether oxygens (including phenoxy) is 2. The highest BCUT2D eigenvalue weighted by Gasteiger charge is 2.31. The van der Waals surface area contributed by atoms with Gasteiger partial charge in [0.05, 0.1) is 12.8 Å². The minimum absolute atomic E-state index is 0.0498. The van der Waals surface area contributed by atoms with Crippen LogP contribution in [0.4, 0.5) is 0 Å². The minimum atomic E-state index is -0.139. The molecule has 1 aromatic carbocycles. The number of methoxy groups -OCH3 is 1. The molecule has 0 aliphatic carbocycles. The van der Waals surface area contributed by atoms with Gasteiger partial charge >= 0.3 is 0 Å². The van der Waals surface area contributed by atoms with Crippen molar-refractivity contribution in [2.75, 3.05) is 33.5 Å². The molecule has 3 N–H and O–H groups in total. The van der Waals surface area contributed by atoms with E-state index in [1.165, 1.54) is 0 Å². The van der Waals surface area contributed by atoms with Crippen LogP contribution in [0.25, 0.3) is 5.57 Å². The van der Waals surface area contributed by atoms with E-state index in [1.54, 1.807) is 18.9 Å². The summed E-state index contributed by atoms with van der Waals surface area (Å²) in [6.45, 7) is 13.8. The normalized spacial score (nSPS) is 22.5. The van der Waals surface area contributed by atoms with Crippen LogP contribution in [0.3, 0.4) is 0 Å². The fourth-order valence-electron chi connectivity index (χ4n) is 4.29. The molecule has 0 aromatic heterocycles. The van der Waals surface area contributed by atoms with E-state index in [9.17, 15) is 4.79 Å². The van der Waals surface area contributed by atoms with Crippen molar-refractivity contribution in [3.05, 3.63) is 52.1 Å². The zero-order valence-corrected chi connectivity index (χ0v) is 23.9. The lowest BCUT2D eigenvalue weighted by atomic mass is 9.94. The molecule has 2 aliphatic heterocycles. The summed E-state index contributed by atoms with van der Waals surface area (Å²) in [5, 5.41) is 14.9. The van der Waals surface area contributed by atoms with Crippen LogP contribution in [-0.2, 0) is 14.3 Å². The molecule has 1 saturated heterocycles. The lowest BCUT2D eigenvalue weighted by Crippen LogP contribution is -2.43. The summed E-state index contributed by atoms with van der Waals surface area (Å²) in [4.78, 5) is 20.1. The molecule has 4 atom stereocenters. The summed E-state index contributed by atoms with van der Waals surface area (Å²) in [5.41, 5.74) is 3.21. The van der Waals surface area contributed by atoms with Gasteiger partial charge in [-0.25, -0.2) is 4.99 Å². The first kappa shape index (κ1) is 31.1. The van der Waals surface area contributed by atoms with Crippen LogP contribution in [0.15, 0.2) is 40.9 Å². The van der Waals surface area contributed by atoms with E-state index in [0.717, 1.165) is 24.2 Å². The van der Waals surface area contributed by atoms with Crippen molar-refractivity contribution in [2.45, 2.75) is 72.4 Å². The van der Waals surface area contributed by atoms with E-state index in [1.807, 2.05) is 58.0 Å². The second-order valence-corrected chi connectivity index (χ2v) is 9.44. The third-order valence-corrected chi connectivity index (χ3v) is 6.57. The van der Waals surface area contributed by atoms with Crippen LogP contribution in [0.1, 0.15) is 65.1 Å². The maximum Gasteiger partial charge on any atom is 0.260 e. The largest absolute Gasteiger partial charge is 0.397 e. The molecule has 1 aromatic rings. The third-order valence-electron chi connectivity index (χ3n) is 6.26. The molecule has 8 nitrogen and oxygen atoms in total. The van der Waals surface area contributed by atoms with Gasteiger partial charge in [0.2, 0.25) is 0 Å². The van der Waals surface area contributed by atoms with Crippen molar-refractivity contribution in [1.29, 1.82) is 0 Å². The highest BCUT2D eigenvalue weighted by atomic mass is 35.5. The van der Waals surface area contributed by atoms with Crippen molar-refractivity contribution in [1.82, 2.24) is 15.5 Å². The van der Waals surface area contributed by atoms with Crippen LogP contribution < -0.4 is 10.6 Å². The molecule has 3 rings (SSSR count). The van der Waals surface area contributed by atoms with Gasteiger partial charge in [-0.1, -0.05) is 29.8 Å². The Bertz CT molecular complexity index is 988. The molecule has 37 heavy (non-hydrogen) atoms. The summed E-state index contributed by atoms with van der Waals surface area (Å²) >= 11 is 6.70. The van der Waals surface area contributed by atoms with Crippen molar-refractivity contribution in [3.63, 3.8) is 0 Å². The van der Waals surface area contributed by atoms with E-state index in [-0.39, 0.29) is 37.0 Å². The predicted molar refractivity (Wildman–Crippen MR) is 151 cm³/mol. The summed E-state index contributed by atoms with van der Waals surface area (Å²) in [5.74, 6) is 0.578. The molecular weight excluding hydrogens is 492 g/mol. The number of nitrogens with zero attached hydrogens (tertiary/aromatic N) is 2. The lowest BCUT2D eigenvalue weighted by Gasteiger charge is -2.31. The molecule has 0 bridgehead atoms. The molecule has 9 heteroatoms. The SMILES string of the molecule is C/C=C1/C=C(c2ccc(C(C)NC(C)OC)cc2Cl)C(=O)N(CC)/C1=N/C(C)N[C@@H]1CCOC1.CCO. The second kappa shape index (κ2) is 15.4. The Hall–Kier alpha value is -2.07. The monoisotopic (exact) mass is 534 g/mol. The Morgan fingerprint density at radius 2 is 2.03 bits per heavy atom. The molecule has 2 heterocycles. The Kier molecular flexibility index (Phi) is 12.9. The van der Waals surface area contributed by atoms with E-state index in [0.29, 0.717) is 35.1 Å². The van der Waals surface area contributed by atoms with E-state index in [4.69, 9.17) is 31.2 Å². The first-order valence-electron chi connectivity index (χ1n) is 13.0. The van der Waals surface area contributed by atoms with E-state index >= 15 is 0 Å². The molecular formula is C28H43ClN4O4. The highest BCUT2D eigenvalue weighted by molar-refractivity contribution is 6.37. The summed E-state index contributed by atoms with van der Waals surface area (Å²) in [6, 6.07) is 6.17. The number of nitrogens with one attached hydrogen (secondary N) is 2. The fourth-order valence-corrected chi connectivity index (χ4v) is 4.58. The quantitative estimate of drug-likeness (QED) is 0.409. The van der Waals surface area contributed by atoms with Crippen molar-refractivity contribution in [2.24, 2.45) is 4.99 Å². The molecule has 0 radical (unpaired) electrons. The number of rotatable bonds is 9. The van der Waals surface area contributed by atoms with E-state index in [2.05, 4.69) is 17.6 Å². The molecule has 1 fully saturated rings. The maximum atomic E-state index is 13.5. The molecule has 0 spiro atoms. The number of aliphatic hydroxyl groups is 1. The number of benzene rings is 1. The minimum Gasteiger partial charge on any atom is -0.397 e. The number of likely N-dealkylation sites (N-methyl/N-ethyl adjacent to an activating group) is 1. The number of aliphatic imine (C=N–C) groups is 1. The first-order chi connectivity index (χ1) is 17.7. The van der Waals surface area contributed by atoms with Gasteiger partial charge in [0.1, 0.15) is 12.1 Å². The number of aliphatic hydroxyl groups excluding tert-OH is 1. The fraction of sp³-hybridized carbons (Fsp3) is 0.571. The van der Waals surface area contributed by atoms with Gasteiger partial charge in [0.15, 0.2) is 0 Å². The van der Waals surface area contributed by atoms with E-state index < -0.39 is 0 Å². The first-order valence-corrected chi connectivity index (χ1v) is 13.4. The van der Waals surface area contributed by atoms with Gasteiger partial charge < -0.3 is 14.6 Å². The molecule has 1 amide bonds. The van der Waals surface area contributed by atoms with Crippen molar-refractivity contribution in [3.8, 4) is 0 Å². The highest BCUT2D eigenvalue weighted by Crippen LogP contribution is 2.33. The zero-order valence-electron chi connectivity index (χ0n) is 23.2. The van der Waals surface area contributed by atoms with Gasteiger partial charge in [0, 0.05) is 60.7 Å². The Morgan fingerprint density at radius 3 is 2.57 bits per heavy atom. The number of hydrogen-bond acceptors (Lipinski definition) is 7. The zero-order chi connectivity index (χ0) is 27.5. The Labute approximate surface area is 226 Å². The summed E-state index contributed by atoms with van der Waals surface area (Å²) in [7, 11) is 1.66. The third kappa shape index (κ3) is 8.46. The number of carbonyl (C=O) groups is 1. The number of hydrogen-bond donors (Lipinski definition) is 3. The predicted octanol–water partition coefficient (Wildman–Crippen LogP) is 4.30. The van der Waals surface area contributed by atoms with Crippen LogP contribution in [0, 0.1) is 0 Å². The lowest BCUT2D eigenvalue weighted by molar-refractivity contribution is -0.121. The van der Waals surface area contributed by atoms with Gasteiger partial charge in [-0.2, -0.15) is 0 Å². The molecule has 2 aliphatic rings. The topological polar surface area (TPSA) is 95.4 Å². The van der Waals surface area contributed by atoms with Crippen LogP contribution in [0.2, 0.25) is 5.02 Å². The van der Waals surface area contributed by atoms with Gasteiger partial charge in [-0.05, 0) is 65.7 Å². The molecule has 0 saturated carbocycles. The van der Waals surface area contributed by atoms with Crippen LogP contribution in [-0.4, -0.2) is 73.7 Å². The second-order valence-electron chi connectivity index (χ2n) is 9.03. The van der Waals surface area contributed by atoms with Gasteiger partial charge in [-0.3, -0.25) is 20.3 Å². The van der Waals surface area contributed by atoms with Gasteiger partial charge in [-0.15, -0.1) is 0 Å². The summed E-state index contributed by atoms with van der Waals surface area (Å²) < 4.78 is 10.7. The van der Waals surface area contributed by atoms with Gasteiger partial charge in [0.25, 0.3) is 5.91 Å². The number of carbonyl (C=O) groups excluding carboxylic acids is 1. The summed E-state index contributed by atoms with van der Waals surface area (Å²) in [6.07, 6.45) is 4.63. The van der Waals surface area contributed by atoms with Crippen molar-refractivity contribution >= 4 is 28.9 Å². The Balaban J connectivity index is 0.00000153. The smallest absolute Gasteiger partial charge is 0.260 e. The van der Waals surface area contributed by atoms with Crippen LogP contribution in [0.5, 0.6) is 0 Å². The Morgan fingerprint density at radius 1 is 1.32 bits per heavy atom.